The Morgan fingerprint density at radius 3 is 2.84 bits per heavy atom. The Morgan fingerprint density at radius 1 is 1.32 bits per heavy atom. The summed E-state index contributed by atoms with van der Waals surface area (Å²) in [5, 5.41) is 7.13. The van der Waals surface area contributed by atoms with Gasteiger partial charge in [0.1, 0.15) is 0 Å². The van der Waals surface area contributed by atoms with Crippen LogP contribution < -0.4 is 10.6 Å². The van der Waals surface area contributed by atoms with E-state index in [1.54, 1.807) is 11.6 Å². The van der Waals surface area contributed by atoms with Crippen LogP contribution in [0.1, 0.15) is 11.1 Å². The van der Waals surface area contributed by atoms with E-state index in [1.165, 1.54) is 11.3 Å². The molecule has 5 nitrogen and oxygen atoms in total. The predicted molar refractivity (Wildman–Crippen MR) is 73.8 cm³/mol. The molecule has 0 unspecified atom stereocenters. The fourth-order valence-corrected chi connectivity index (χ4v) is 2.05. The average molecular weight is 275 g/mol. The van der Waals surface area contributed by atoms with E-state index < -0.39 is 11.8 Å². The quantitative estimate of drug-likeness (QED) is 0.838. The Bertz CT molecular complexity index is 581. The van der Waals surface area contributed by atoms with Gasteiger partial charge in [-0.25, -0.2) is 4.98 Å². The zero-order valence-corrected chi connectivity index (χ0v) is 11.2. The zero-order valence-electron chi connectivity index (χ0n) is 10.3. The Morgan fingerprint density at radius 2 is 2.16 bits per heavy atom. The molecule has 0 aliphatic carbocycles. The number of hydrogen-bond donors (Lipinski definition) is 2. The molecule has 0 fully saturated rings. The van der Waals surface area contributed by atoms with Gasteiger partial charge in [0.15, 0.2) is 5.13 Å². The van der Waals surface area contributed by atoms with Crippen LogP contribution >= 0.6 is 11.3 Å². The number of thiazole rings is 1. The van der Waals surface area contributed by atoms with Crippen LogP contribution in [-0.4, -0.2) is 16.8 Å². The Labute approximate surface area is 114 Å². The lowest BCUT2D eigenvalue weighted by Crippen LogP contribution is -2.34. The van der Waals surface area contributed by atoms with Crippen LogP contribution in [0.25, 0.3) is 0 Å². The summed E-state index contributed by atoms with van der Waals surface area (Å²) in [6, 6.07) is 7.73. The van der Waals surface area contributed by atoms with Crippen molar-refractivity contribution in [3.05, 3.63) is 47.0 Å². The van der Waals surface area contributed by atoms with E-state index in [4.69, 9.17) is 0 Å². The van der Waals surface area contributed by atoms with Gasteiger partial charge >= 0.3 is 11.8 Å². The minimum atomic E-state index is -0.706. The molecule has 0 spiro atoms. The molecule has 0 radical (unpaired) electrons. The lowest BCUT2D eigenvalue weighted by atomic mass is 10.1. The van der Waals surface area contributed by atoms with Crippen molar-refractivity contribution in [1.82, 2.24) is 10.3 Å². The first-order valence-corrected chi connectivity index (χ1v) is 6.57. The number of aryl methyl sites for hydroxylation is 1. The van der Waals surface area contributed by atoms with E-state index in [0.717, 1.165) is 11.1 Å². The van der Waals surface area contributed by atoms with E-state index in [2.05, 4.69) is 15.6 Å². The minimum absolute atomic E-state index is 0.325. The summed E-state index contributed by atoms with van der Waals surface area (Å²) in [4.78, 5) is 27.0. The maximum absolute atomic E-state index is 11.6. The van der Waals surface area contributed by atoms with Gasteiger partial charge in [0.2, 0.25) is 0 Å². The van der Waals surface area contributed by atoms with Gasteiger partial charge in [-0.05, 0) is 12.5 Å². The first-order valence-electron chi connectivity index (χ1n) is 5.69. The molecular weight excluding hydrogens is 262 g/mol. The Kier molecular flexibility index (Phi) is 4.25. The third-order valence-electron chi connectivity index (χ3n) is 2.39. The third-order valence-corrected chi connectivity index (χ3v) is 3.08. The van der Waals surface area contributed by atoms with Crippen molar-refractivity contribution in [1.29, 1.82) is 0 Å². The van der Waals surface area contributed by atoms with Crippen molar-refractivity contribution in [2.45, 2.75) is 13.5 Å². The second kappa shape index (κ2) is 6.10. The summed E-state index contributed by atoms with van der Waals surface area (Å²) in [5.41, 5.74) is 2.06. The highest BCUT2D eigenvalue weighted by Gasteiger charge is 2.14. The van der Waals surface area contributed by atoms with Gasteiger partial charge in [0.05, 0.1) is 0 Å². The van der Waals surface area contributed by atoms with Gasteiger partial charge < -0.3 is 5.32 Å². The molecule has 2 rings (SSSR count). The maximum Gasteiger partial charge on any atom is 0.315 e. The fraction of sp³-hybridized carbons (Fsp3) is 0.154. The van der Waals surface area contributed by atoms with Gasteiger partial charge in [-0.2, -0.15) is 0 Å². The molecule has 6 heteroatoms. The van der Waals surface area contributed by atoms with Crippen molar-refractivity contribution in [2.75, 3.05) is 5.32 Å². The van der Waals surface area contributed by atoms with Crippen molar-refractivity contribution in [2.24, 2.45) is 0 Å². The molecule has 0 aliphatic rings. The lowest BCUT2D eigenvalue weighted by Gasteiger charge is -2.05. The van der Waals surface area contributed by atoms with Crippen LogP contribution in [0.2, 0.25) is 0 Å². The summed E-state index contributed by atoms with van der Waals surface area (Å²) < 4.78 is 0. The lowest BCUT2D eigenvalue weighted by molar-refractivity contribution is -0.136. The molecule has 2 aromatic rings. The number of amides is 2. The van der Waals surface area contributed by atoms with Crippen LogP contribution in [0.5, 0.6) is 0 Å². The second-order valence-electron chi connectivity index (χ2n) is 3.96. The second-order valence-corrected chi connectivity index (χ2v) is 4.86. The Hall–Kier alpha value is -2.21. The average Bonchev–Trinajstić information content (AvgIpc) is 2.89. The molecule has 0 saturated heterocycles. The van der Waals surface area contributed by atoms with Gasteiger partial charge in [0.25, 0.3) is 0 Å². The highest BCUT2D eigenvalue weighted by Crippen LogP contribution is 2.09. The van der Waals surface area contributed by atoms with E-state index in [1.807, 2.05) is 31.2 Å². The van der Waals surface area contributed by atoms with E-state index in [0.29, 0.717) is 11.7 Å². The topological polar surface area (TPSA) is 71.1 Å². The first kappa shape index (κ1) is 13.2. The van der Waals surface area contributed by atoms with Gasteiger partial charge in [-0.15, -0.1) is 11.3 Å². The van der Waals surface area contributed by atoms with Crippen LogP contribution in [0.4, 0.5) is 5.13 Å². The molecule has 0 bridgehead atoms. The van der Waals surface area contributed by atoms with Crippen LogP contribution in [0.3, 0.4) is 0 Å². The predicted octanol–water partition coefficient (Wildman–Crippen LogP) is 1.71. The minimum Gasteiger partial charge on any atom is -0.344 e. The SMILES string of the molecule is Cc1cccc(CNC(=O)C(=O)Nc2nccs2)c1. The number of benzene rings is 1. The number of carbonyl (C=O) groups excluding carboxylic acids is 2. The van der Waals surface area contributed by atoms with E-state index >= 15 is 0 Å². The molecule has 0 atom stereocenters. The van der Waals surface area contributed by atoms with Crippen molar-refractivity contribution < 1.29 is 9.59 Å². The van der Waals surface area contributed by atoms with Crippen LogP contribution in [0, 0.1) is 6.92 Å². The third kappa shape index (κ3) is 3.89. The zero-order chi connectivity index (χ0) is 13.7. The monoisotopic (exact) mass is 275 g/mol. The van der Waals surface area contributed by atoms with Crippen LogP contribution in [0.15, 0.2) is 35.8 Å². The molecule has 0 aliphatic heterocycles. The number of anilines is 1. The number of nitrogens with one attached hydrogen (secondary N) is 2. The number of rotatable bonds is 3. The molecule has 1 aromatic heterocycles. The largest absolute Gasteiger partial charge is 0.344 e. The summed E-state index contributed by atoms with van der Waals surface area (Å²) in [5.74, 6) is -1.38. The van der Waals surface area contributed by atoms with Gasteiger partial charge in [-0.3, -0.25) is 14.9 Å². The number of hydrogen-bond acceptors (Lipinski definition) is 4. The summed E-state index contributed by atoms with van der Waals surface area (Å²) >= 11 is 1.26. The molecule has 2 N–H and O–H groups in total. The van der Waals surface area contributed by atoms with Gasteiger partial charge in [-0.1, -0.05) is 29.8 Å². The molecule has 19 heavy (non-hydrogen) atoms. The van der Waals surface area contributed by atoms with Crippen molar-refractivity contribution in [3.63, 3.8) is 0 Å². The normalized spacial score (nSPS) is 9.95. The molecular formula is C13H13N3O2S. The standard InChI is InChI=1S/C13H13N3O2S/c1-9-3-2-4-10(7-9)8-15-11(17)12(18)16-13-14-5-6-19-13/h2-7H,8H2,1H3,(H,15,17)(H,14,16,18). The van der Waals surface area contributed by atoms with E-state index in [-0.39, 0.29) is 0 Å². The smallest absolute Gasteiger partial charge is 0.315 e. The highest BCUT2D eigenvalue weighted by molar-refractivity contribution is 7.13. The van der Waals surface area contributed by atoms with Crippen molar-refractivity contribution >= 4 is 28.3 Å². The molecule has 1 heterocycles. The van der Waals surface area contributed by atoms with Crippen LogP contribution in [-0.2, 0) is 16.1 Å². The fourth-order valence-electron chi connectivity index (χ4n) is 1.52. The molecule has 1 aromatic carbocycles. The number of aromatic nitrogens is 1. The maximum atomic E-state index is 11.6. The summed E-state index contributed by atoms with van der Waals surface area (Å²) in [7, 11) is 0. The number of nitrogens with zero attached hydrogens (tertiary/aromatic N) is 1. The molecule has 2 amide bonds. The highest BCUT2D eigenvalue weighted by atomic mass is 32.1. The Balaban J connectivity index is 1.85. The first-order chi connectivity index (χ1) is 9.15. The summed E-state index contributed by atoms with van der Waals surface area (Å²) in [6.07, 6.45) is 1.56. The van der Waals surface area contributed by atoms with Gasteiger partial charge in [0, 0.05) is 18.1 Å². The van der Waals surface area contributed by atoms with Crippen molar-refractivity contribution in [3.8, 4) is 0 Å². The molecule has 0 saturated carbocycles. The molecule has 98 valence electrons. The van der Waals surface area contributed by atoms with E-state index in [9.17, 15) is 9.59 Å². The summed E-state index contributed by atoms with van der Waals surface area (Å²) in [6.45, 7) is 2.30. The number of carbonyl (C=O) groups is 2.